The van der Waals surface area contributed by atoms with Crippen molar-refractivity contribution >= 4 is 22.9 Å². The first-order chi connectivity index (χ1) is 11.0. The van der Waals surface area contributed by atoms with Crippen molar-refractivity contribution in [3.05, 3.63) is 69.7 Å². The maximum absolute atomic E-state index is 12.4. The Hall–Kier alpha value is -3.22. The highest BCUT2D eigenvalue weighted by atomic mass is 16.6. The fourth-order valence-electron chi connectivity index (χ4n) is 2.40. The number of pyridine rings is 1. The minimum atomic E-state index is -0.473. The van der Waals surface area contributed by atoms with Crippen LogP contribution < -0.4 is 5.32 Å². The summed E-state index contributed by atoms with van der Waals surface area (Å²) in [5.74, 6) is -0.406. The third kappa shape index (κ3) is 2.64. The van der Waals surface area contributed by atoms with Gasteiger partial charge in [-0.1, -0.05) is 12.1 Å². The average molecular weight is 310 g/mol. The van der Waals surface area contributed by atoms with E-state index in [1.807, 2.05) is 29.5 Å². The number of hydrogen-bond acceptors (Lipinski definition) is 4. The molecule has 7 nitrogen and oxygen atoms in total. The number of amides is 1. The van der Waals surface area contributed by atoms with Crippen LogP contribution in [-0.4, -0.2) is 20.2 Å². The van der Waals surface area contributed by atoms with Crippen molar-refractivity contribution in [2.75, 3.05) is 5.32 Å². The number of imidazole rings is 1. The molecule has 1 aromatic carbocycles. The predicted molar refractivity (Wildman–Crippen MR) is 85.7 cm³/mol. The first-order valence-electron chi connectivity index (χ1n) is 6.97. The number of rotatable bonds is 3. The second-order valence-corrected chi connectivity index (χ2v) is 5.18. The number of aromatic nitrogens is 2. The zero-order valence-electron chi connectivity index (χ0n) is 12.6. The summed E-state index contributed by atoms with van der Waals surface area (Å²) in [6, 6.07) is 10.2. The van der Waals surface area contributed by atoms with Crippen LogP contribution in [0.1, 0.15) is 21.7 Å². The Morgan fingerprint density at radius 1 is 1.22 bits per heavy atom. The second kappa shape index (κ2) is 5.53. The minimum Gasteiger partial charge on any atom is -0.320 e. The van der Waals surface area contributed by atoms with E-state index in [0.29, 0.717) is 16.9 Å². The maximum atomic E-state index is 12.4. The Bertz CT molecular complexity index is 930. The molecular formula is C16H14N4O3. The summed E-state index contributed by atoms with van der Waals surface area (Å²) >= 11 is 0. The molecule has 2 aromatic heterocycles. The monoisotopic (exact) mass is 310 g/mol. The van der Waals surface area contributed by atoms with E-state index in [1.54, 1.807) is 19.2 Å². The van der Waals surface area contributed by atoms with Crippen LogP contribution in [0, 0.1) is 24.0 Å². The maximum Gasteiger partial charge on any atom is 0.275 e. The molecule has 0 aliphatic rings. The van der Waals surface area contributed by atoms with Crippen molar-refractivity contribution < 1.29 is 9.72 Å². The van der Waals surface area contributed by atoms with Gasteiger partial charge in [0.25, 0.3) is 11.6 Å². The van der Waals surface area contributed by atoms with Gasteiger partial charge in [0.05, 0.1) is 16.2 Å². The molecule has 2 heterocycles. The van der Waals surface area contributed by atoms with Gasteiger partial charge in [-0.05, 0) is 32.0 Å². The number of carbonyl (C=O) groups excluding carboxylic acids is 1. The number of nitro groups is 1. The number of nitrogens with zero attached hydrogens (tertiary/aromatic N) is 3. The lowest BCUT2D eigenvalue weighted by atomic mass is 10.1. The van der Waals surface area contributed by atoms with Crippen LogP contribution in [0.15, 0.2) is 42.6 Å². The molecule has 0 bridgehead atoms. The highest BCUT2D eigenvalue weighted by molar-refractivity contribution is 6.03. The molecule has 0 spiro atoms. The lowest BCUT2D eigenvalue weighted by Crippen LogP contribution is -2.13. The molecule has 1 N–H and O–H groups in total. The topological polar surface area (TPSA) is 89.5 Å². The van der Waals surface area contributed by atoms with Crippen LogP contribution in [0.3, 0.4) is 0 Å². The third-order valence-electron chi connectivity index (χ3n) is 3.68. The van der Waals surface area contributed by atoms with E-state index in [4.69, 9.17) is 0 Å². The Morgan fingerprint density at radius 3 is 2.65 bits per heavy atom. The predicted octanol–water partition coefficient (Wildman–Crippen LogP) is 3.11. The number of benzene rings is 1. The van der Waals surface area contributed by atoms with Crippen molar-refractivity contribution in [1.82, 2.24) is 9.38 Å². The lowest BCUT2D eigenvalue weighted by Gasteiger charge is -2.07. The summed E-state index contributed by atoms with van der Waals surface area (Å²) in [6.45, 7) is 3.52. The van der Waals surface area contributed by atoms with E-state index in [2.05, 4.69) is 10.3 Å². The van der Waals surface area contributed by atoms with E-state index in [9.17, 15) is 14.9 Å². The van der Waals surface area contributed by atoms with Crippen LogP contribution in [-0.2, 0) is 0 Å². The molecule has 7 heteroatoms. The van der Waals surface area contributed by atoms with Crippen molar-refractivity contribution in [3.8, 4) is 0 Å². The molecule has 0 fully saturated rings. The van der Waals surface area contributed by atoms with E-state index in [1.165, 1.54) is 12.1 Å². The normalized spacial score (nSPS) is 10.7. The van der Waals surface area contributed by atoms with Gasteiger partial charge in [-0.3, -0.25) is 14.9 Å². The van der Waals surface area contributed by atoms with Gasteiger partial charge in [0, 0.05) is 18.0 Å². The van der Waals surface area contributed by atoms with Gasteiger partial charge in [0.1, 0.15) is 11.3 Å². The molecule has 0 saturated heterocycles. The van der Waals surface area contributed by atoms with Crippen molar-refractivity contribution in [2.45, 2.75) is 13.8 Å². The van der Waals surface area contributed by atoms with Gasteiger partial charge in [0.2, 0.25) is 0 Å². The highest BCUT2D eigenvalue weighted by Crippen LogP contribution is 2.25. The van der Waals surface area contributed by atoms with Crippen molar-refractivity contribution in [2.24, 2.45) is 0 Å². The first-order valence-corrected chi connectivity index (χ1v) is 6.97. The van der Waals surface area contributed by atoms with Gasteiger partial charge in [0.15, 0.2) is 0 Å². The summed E-state index contributed by atoms with van der Waals surface area (Å²) in [5.41, 5.74) is 2.66. The molecule has 1 amide bonds. The molecule has 0 atom stereocenters. The SMILES string of the molecule is Cc1c(NC(=O)c2cn3c(C)cccc3n2)cccc1[N+](=O)[O-]. The zero-order chi connectivity index (χ0) is 16.6. The van der Waals surface area contributed by atoms with Crippen molar-refractivity contribution in [3.63, 3.8) is 0 Å². The zero-order valence-corrected chi connectivity index (χ0v) is 12.6. The molecule has 0 aliphatic heterocycles. The molecule has 0 aliphatic carbocycles. The summed E-state index contributed by atoms with van der Waals surface area (Å²) < 4.78 is 1.81. The Balaban J connectivity index is 1.93. The van der Waals surface area contributed by atoms with Crippen LogP contribution in [0.5, 0.6) is 0 Å². The number of nitro benzene ring substituents is 1. The van der Waals surface area contributed by atoms with Crippen molar-refractivity contribution in [1.29, 1.82) is 0 Å². The summed E-state index contributed by atoms with van der Waals surface area (Å²) in [7, 11) is 0. The van der Waals surface area contributed by atoms with Crippen LogP contribution in [0.25, 0.3) is 5.65 Å². The standard InChI is InChI=1S/C16H14N4O3/c1-10-5-3-8-15-17-13(9-19(10)15)16(21)18-12-6-4-7-14(11(12)2)20(22)23/h3-9H,1-2H3,(H,18,21). The summed E-state index contributed by atoms with van der Waals surface area (Å²) in [6.07, 6.45) is 1.65. The van der Waals surface area contributed by atoms with Crippen LogP contribution in [0.2, 0.25) is 0 Å². The molecule has 116 valence electrons. The smallest absolute Gasteiger partial charge is 0.275 e. The lowest BCUT2D eigenvalue weighted by molar-refractivity contribution is -0.385. The number of fused-ring (bicyclic) bond motifs is 1. The Morgan fingerprint density at radius 2 is 1.96 bits per heavy atom. The Kier molecular flexibility index (Phi) is 3.53. The second-order valence-electron chi connectivity index (χ2n) is 5.18. The number of hydrogen-bond donors (Lipinski definition) is 1. The van der Waals surface area contributed by atoms with Gasteiger partial charge in [-0.25, -0.2) is 4.98 Å². The van der Waals surface area contributed by atoms with Gasteiger partial charge >= 0.3 is 0 Å². The quantitative estimate of drug-likeness (QED) is 0.594. The van der Waals surface area contributed by atoms with E-state index >= 15 is 0 Å². The number of nitrogens with one attached hydrogen (secondary N) is 1. The largest absolute Gasteiger partial charge is 0.320 e. The fourth-order valence-corrected chi connectivity index (χ4v) is 2.40. The molecular weight excluding hydrogens is 296 g/mol. The first kappa shape index (κ1) is 14.7. The molecule has 0 saturated carbocycles. The minimum absolute atomic E-state index is 0.0337. The van der Waals surface area contributed by atoms with E-state index in [-0.39, 0.29) is 11.4 Å². The average Bonchev–Trinajstić information content (AvgIpc) is 2.95. The summed E-state index contributed by atoms with van der Waals surface area (Å²) in [4.78, 5) is 27.1. The Labute approximate surface area is 131 Å². The molecule has 0 radical (unpaired) electrons. The van der Waals surface area contributed by atoms with Crippen LogP contribution in [0.4, 0.5) is 11.4 Å². The molecule has 0 unspecified atom stereocenters. The van der Waals surface area contributed by atoms with Gasteiger partial charge in [-0.2, -0.15) is 0 Å². The number of aryl methyl sites for hydroxylation is 1. The highest BCUT2D eigenvalue weighted by Gasteiger charge is 2.17. The number of anilines is 1. The number of carbonyl (C=O) groups is 1. The summed E-state index contributed by atoms with van der Waals surface area (Å²) in [5, 5.41) is 13.6. The van der Waals surface area contributed by atoms with Crippen LogP contribution >= 0.6 is 0 Å². The van der Waals surface area contributed by atoms with E-state index in [0.717, 1.165) is 5.69 Å². The molecule has 3 aromatic rings. The third-order valence-corrected chi connectivity index (χ3v) is 3.68. The fraction of sp³-hybridized carbons (Fsp3) is 0.125. The molecule has 23 heavy (non-hydrogen) atoms. The van der Waals surface area contributed by atoms with Gasteiger partial charge in [-0.15, -0.1) is 0 Å². The molecule has 3 rings (SSSR count). The van der Waals surface area contributed by atoms with E-state index < -0.39 is 10.8 Å². The van der Waals surface area contributed by atoms with Gasteiger partial charge < -0.3 is 9.72 Å².